The highest BCUT2D eigenvalue weighted by Crippen LogP contribution is 2.23. The fraction of sp³-hybridized carbons (Fsp3) is 0.250. The molecule has 0 aliphatic rings. The number of hydrogen-bond donors (Lipinski definition) is 0. The Bertz CT molecular complexity index is 1280. The summed E-state index contributed by atoms with van der Waals surface area (Å²) in [5.74, 6) is 0.220. The van der Waals surface area contributed by atoms with Gasteiger partial charge in [-0.1, -0.05) is 48.2 Å². The molecule has 4 aromatic rings. The Labute approximate surface area is 165 Å². The molecule has 2 heterocycles. The van der Waals surface area contributed by atoms with Gasteiger partial charge in [0.25, 0.3) is 11.1 Å². The van der Waals surface area contributed by atoms with Gasteiger partial charge in [-0.15, -0.1) is 5.10 Å². The number of para-hydroxylation sites is 1. The van der Waals surface area contributed by atoms with Gasteiger partial charge in [-0.3, -0.25) is 14.2 Å². The Morgan fingerprint density at radius 3 is 2.32 bits per heavy atom. The van der Waals surface area contributed by atoms with Gasteiger partial charge >= 0.3 is 0 Å². The Morgan fingerprint density at radius 2 is 1.61 bits per heavy atom. The quantitative estimate of drug-likeness (QED) is 0.382. The van der Waals surface area contributed by atoms with E-state index in [2.05, 4.69) is 15.3 Å². The van der Waals surface area contributed by atoms with Crippen LogP contribution in [0, 0.1) is 0 Å². The van der Waals surface area contributed by atoms with Crippen molar-refractivity contribution in [3.8, 4) is 0 Å². The van der Waals surface area contributed by atoms with Crippen LogP contribution in [0.1, 0.15) is 26.3 Å². The predicted molar refractivity (Wildman–Crippen MR) is 111 cm³/mol. The van der Waals surface area contributed by atoms with Gasteiger partial charge in [0.05, 0.1) is 22.2 Å². The first-order chi connectivity index (χ1) is 13.6. The number of aromatic nitrogens is 5. The summed E-state index contributed by atoms with van der Waals surface area (Å²) < 4.78 is 3.00. The average molecular weight is 393 g/mol. The second-order valence-electron chi connectivity index (χ2n) is 6.53. The SMILES string of the molecule is CC[C@H](C)n1c(SCn2nnc3ccccc3c2=O)nc2ccccc2c1=O. The van der Waals surface area contributed by atoms with E-state index in [1.807, 2.05) is 38.1 Å². The molecule has 0 N–H and O–H groups in total. The molecule has 28 heavy (non-hydrogen) atoms. The van der Waals surface area contributed by atoms with E-state index in [0.717, 1.165) is 6.42 Å². The molecule has 0 bridgehead atoms. The number of rotatable bonds is 5. The fourth-order valence-electron chi connectivity index (χ4n) is 3.03. The standard InChI is InChI=1S/C20H19N5O2S/c1-3-13(2)25-19(27)14-8-4-6-10-16(14)21-20(25)28-12-24-18(26)15-9-5-7-11-17(15)22-23-24/h4-11,13H,3,12H2,1-2H3/t13-/m0/s1. The maximum absolute atomic E-state index is 13.0. The van der Waals surface area contributed by atoms with Crippen LogP contribution in [0.2, 0.25) is 0 Å². The number of nitrogens with zero attached hydrogens (tertiary/aromatic N) is 5. The van der Waals surface area contributed by atoms with Gasteiger partial charge in [-0.05, 0) is 37.6 Å². The van der Waals surface area contributed by atoms with Crippen molar-refractivity contribution >= 4 is 33.6 Å². The van der Waals surface area contributed by atoms with Gasteiger partial charge in [-0.2, -0.15) is 4.68 Å². The highest BCUT2D eigenvalue weighted by Gasteiger charge is 2.16. The molecule has 0 saturated heterocycles. The van der Waals surface area contributed by atoms with Crippen molar-refractivity contribution in [2.75, 3.05) is 0 Å². The van der Waals surface area contributed by atoms with Gasteiger partial charge in [0.2, 0.25) is 0 Å². The van der Waals surface area contributed by atoms with E-state index in [0.29, 0.717) is 27.0 Å². The average Bonchev–Trinajstić information content (AvgIpc) is 2.73. The molecule has 2 aromatic heterocycles. The predicted octanol–water partition coefficient (Wildman–Crippen LogP) is 3.22. The van der Waals surface area contributed by atoms with Crippen molar-refractivity contribution < 1.29 is 0 Å². The number of benzene rings is 2. The molecule has 0 amide bonds. The minimum absolute atomic E-state index is 0.00786. The van der Waals surface area contributed by atoms with Crippen LogP contribution in [0.5, 0.6) is 0 Å². The number of thioether (sulfide) groups is 1. The van der Waals surface area contributed by atoms with Crippen molar-refractivity contribution in [2.24, 2.45) is 0 Å². The molecule has 4 rings (SSSR count). The summed E-state index contributed by atoms with van der Waals surface area (Å²) in [6.45, 7) is 4.02. The molecule has 0 saturated carbocycles. The van der Waals surface area contributed by atoms with Crippen molar-refractivity contribution in [1.29, 1.82) is 0 Å². The molecule has 142 valence electrons. The molecule has 0 radical (unpaired) electrons. The number of hydrogen-bond acceptors (Lipinski definition) is 6. The summed E-state index contributed by atoms with van der Waals surface area (Å²) in [5, 5.41) is 9.80. The molecule has 0 aliphatic carbocycles. The first-order valence-corrected chi connectivity index (χ1v) is 10.1. The van der Waals surface area contributed by atoms with E-state index in [4.69, 9.17) is 0 Å². The van der Waals surface area contributed by atoms with Crippen LogP contribution in [-0.2, 0) is 5.88 Å². The monoisotopic (exact) mass is 393 g/mol. The smallest absolute Gasteiger partial charge is 0.278 e. The van der Waals surface area contributed by atoms with Crippen LogP contribution in [0.4, 0.5) is 0 Å². The van der Waals surface area contributed by atoms with Crippen LogP contribution in [-0.4, -0.2) is 24.5 Å². The minimum atomic E-state index is -0.212. The topological polar surface area (TPSA) is 82.7 Å². The van der Waals surface area contributed by atoms with Gasteiger partial charge in [-0.25, -0.2) is 4.98 Å². The molecule has 0 fully saturated rings. The first-order valence-electron chi connectivity index (χ1n) is 9.06. The summed E-state index contributed by atoms with van der Waals surface area (Å²) in [6.07, 6.45) is 0.795. The Morgan fingerprint density at radius 1 is 0.964 bits per heavy atom. The van der Waals surface area contributed by atoms with Crippen molar-refractivity contribution in [1.82, 2.24) is 24.5 Å². The zero-order valence-electron chi connectivity index (χ0n) is 15.6. The van der Waals surface area contributed by atoms with Crippen molar-refractivity contribution in [2.45, 2.75) is 37.3 Å². The minimum Gasteiger partial charge on any atom is -0.284 e. The van der Waals surface area contributed by atoms with Crippen LogP contribution >= 0.6 is 11.8 Å². The zero-order valence-corrected chi connectivity index (χ0v) is 16.4. The molecule has 1 atom stereocenters. The lowest BCUT2D eigenvalue weighted by Gasteiger charge is -2.18. The lowest BCUT2D eigenvalue weighted by atomic mass is 10.2. The normalized spacial score (nSPS) is 12.5. The summed E-state index contributed by atoms with van der Waals surface area (Å²) in [5.41, 5.74) is 0.927. The molecule has 0 aliphatic heterocycles. The van der Waals surface area contributed by atoms with Gasteiger partial charge in [0.15, 0.2) is 5.16 Å². The van der Waals surface area contributed by atoms with Gasteiger partial charge in [0, 0.05) is 6.04 Å². The summed E-state index contributed by atoms with van der Waals surface area (Å²) >= 11 is 1.31. The number of fused-ring (bicyclic) bond motifs is 2. The third-order valence-electron chi connectivity index (χ3n) is 4.75. The lowest BCUT2D eigenvalue weighted by Crippen LogP contribution is -2.27. The van der Waals surface area contributed by atoms with E-state index < -0.39 is 0 Å². The van der Waals surface area contributed by atoms with E-state index >= 15 is 0 Å². The van der Waals surface area contributed by atoms with E-state index in [1.54, 1.807) is 28.8 Å². The molecule has 2 aromatic carbocycles. The Hall–Kier alpha value is -3.00. The molecule has 7 nitrogen and oxygen atoms in total. The first kappa shape index (κ1) is 18.4. The molecular formula is C20H19N5O2S. The third-order valence-corrected chi connectivity index (χ3v) is 5.67. The molecule has 8 heteroatoms. The van der Waals surface area contributed by atoms with E-state index in [1.165, 1.54) is 16.4 Å². The van der Waals surface area contributed by atoms with Gasteiger partial charge < -0.3 is 0 Å². The van der Waals surface area contributed by atoms with Crippen LogP contribution < -0.4 is 11.1 Å². The maximum atomic E-state index is 13.0. The van der Waals surface area contributed by atoms with Crippen LogP contribution in [0.3, 0.4) is 0 Å². The third kappa shape index (κ3) is 3.20. The second kappa shape index (κ2) is 7.55. The fourth-order valence-corrected chi connectivity index (χ4v) is 4.00. The van der Waals surface area contributed by atoms with Crippen molar-refractivity contribution in [3.05, 3.63) is 69.2 Å². The Kier molecular flexibility index (Phi) is 4.95. The highest BCUT2D eigenvalue weighted by atomic mass is 32.2. The van der Waals surface area contributed by atoms with Gasteiger partial charge in [0.1, 0.15) is 5.52 Å². The summed E-state index contributed by atoms with van der Waals surface area (Å²) in [6, 6.07) is 14.4. The second-order valence-corrected chi connectivity index (χ2v) is 7.44. The highest BCUT2D eigenvalue weighted by molar-refractivity contribution is 7.98. The molecular weight excluding hydrogens is 374 g/mol. The van der Waals surface area contributed by atoms with E-state index in [9.17, 15) is 9.59 Å². The van der Waals surface area contributed by atoms with Crippen molar-refractivity contribution in [3.63, 3.8) is 0 Å². The zero-order chi connectivity index (χ0) is 19.7. The summed E-state index contributed by atoms with van der Waals surface area (Å²) in [4.78, 5) is 30.4. The maximum Gasteiger partial charge on any atom is 0.278 e. The van der Waals surface area contributed by atoms with Crippen LogP contribution in [0.25, 0.3) is 21.8 Å². The lowest BCUT2D eigenvalue weighted by molar-refractivity contribution is 0.467. The summed E-state index contributed by atoms with van der Waals surface area (Å²) in [7, 11) is 0. The Balaban J connectivity index is 1.77. The molecule has 0 unspecified atom stereocenters. The molecule has 0 spiro atoms. The van der Waals surface area contributed by atoms with Crippen LogP contribution in [0.15, 0.2) is 63.3 Å². The van der Waals surface area contributed by atoms with E-state index in [-0.39, 0.29) is 23.0 Å². The largest absolute Gasteiger partial charge is 0.284 e.